The van der Waals surface area contributed by atoms with Crippen molar-refractivity contribution < 1.29 is 14.3 Å². The summed E-state index contributed by atoms with van der Waals surface area (Å²) in [6.07, 6.45) is 0.419. The molecule has 0 spiro atoms. The Hall–Kier alpha value is -1.79. The lowest BCUT2D eigenvalue weighted by Crippen LogP contribution is -2.58. The first kappa shape index (κ1) is 18.5. The number of nitrogens with zero attached hydrogens (tertiary/aromatic N) is 1. The molecule has 0 unspecified atom stereocenters. The molecule has 6 heteroatoms. The smallest absolute Gasteiger partial charge is 0.319 e. The van der Waals surface area contributed by atoms with Crippen molar-refractivity contribution in [2.24, 2.45) is 0 Å². The van der Waals surface area contributed by atoms with Gasteiger partial charge in [-0.25, -0.2) is 4.79 Å². The minimum atomic E-state index is -0.206. The molecule has 1 aromatic rings. The molecule has 1 aliphatic rings. The van der Waals surface area contributed by atoms with E-state index in [-0.39, 0.29) is 23.8 Å². The molecule has 0 aromatic heterocycles. The third-order valence-corrected chi connectivity index (χ3v) is 4.31. The van der Waals surface area contributed by atoms with Crippen LogP contribution in [0.4, 0.5) is 10.5 Å². The largest absolute Gasteiger partial charge is 0.497 e. The Morgan fingerprint density at radius 1 is 1.25 bits per heavy atom. The van der Waals surface area contributed by atoms with E-state index >= 15 is 0 Å². The average Bonchev–Trinajstić information content (AvgIpc) is 2.53. The van der Waals surface area contributed by atoms with Crippen molar-refractivity contribution in [1.82, 2.24) is 10.2 Å². The second kappa shape index (κ2) is 7.85. The van der Waals surface area contributed by atoms with E-state index in [9.17, 15) is 4.79 Å². The molecular formula is C18H29N3O3. The van der Waals surface area contributed by atoms with Gasteiger partial charge in [0.05, 0.1) is 19.3 Å². The van der Waals surface area contributed by atoms with Gasteiger partial charge in [0, 0.05) is 30.9 Å². The molecule has 1 aliphatic heterocycles. The van der Waals surface area contributed by atoms with Gasteiger partial charge in [-0.2, -0.15) is 0 Å². The maximum atomic E-state index is 12.1. The van der Waals surface area contributed by atoms with Crippen LogP contribution in [0.3, 0.4) is 0 Å². The summed E-state index contributed by atoms with van der Waals surface area (Å²) in [5.74, 6) is 0.762. The van der Waals surface area contributed by atoms with Gasteiger partial charge in [-0.05, 0) is 52.0 Å². The maximum absolute atomic E-state index is 12.1. The number of hydrogen-bond donors (Lipinski definition) is 2. The third-order valence-electron chi connectivity index (χ3n) is 4.31. The molecule has 2 atom stereocenters. The first-order valence-corrected chi connectivity index (χ1v) is 8.39. The Bertz CT molecular complexity index is 535. The highest BCUT2D eigenvalue weighted by atomic mass is 16.5. The number of morpholine rings is 1. The Labute approximate surface area is 144 Å². The van der Waals surface area contributed by atoms with Crippen molar-refractivity contribution >= 4 is 11.7 Å². The van der Waals surface area contributed by atoms with Crippen LogP contribution in [0.1, 0.15) is 27.7 Å². The summed E-state index contributed by atoms with van der Waals surface area (Å²) in [4.78, 5) is 14.5. The summed E-state index contributed by atoms with van der Waals surface area (Å²) >= 11 is 0. The molecule has 134 valence electrons. The Balaban J connectivity index is 1.85. The molecule has 2 rings (SSSR count). The monoisotopic (exact) mass is 335 g/mol. The van der Waals surface area contributed by atoms with E-state index in [2.05, 4.69) is 43.2 Å². The number of methoxy groups -OCH3 is 1. The molecule has 0 saturated carbocycles. The van der Waals surface area contributed by atoms with Gasteiger partial charge < -0.3 is 20.1 Å². The van der Waals surface area contributed by atoms with Gasteiger partial charge in [-0.3, -0.25) is 4.90 Å². The number of hydrogen-bond acceptors (Lipinski definition) is 4. The zero-order valence-electron chi connectivity index (χ0n) is 15.3. The van der Waals surface area contributed by atoms with Crippen LogP contribution in [-0.2, 0) is 4.74 Å². The lowest BCUT2D eigenvalue weighted by atomic mass is 10.00. The number of carbonyl (C=O) groups excluding carboxylic acids is 1. The number of ether oxygens (including phenoxy) is 2. The van der Waals surface area contributed by atoms with Gasteiger partial charge >= 0.3 is 6.03 Å². The quantitative estimate of drug-likeness (QED) is 0.868. The van der Waals surface area contributed by atoms with Gasteiger partial charge in [-0.15, -0.1) is 0 Å². The van der Waals surface area contributed by atoms with Crippen molar-refractivity contribution in [3.05, 3.63) is 24.3 Å². The van der Waals surface area contributed by atoms with Crippen LogP contribution >= 0.6 is 0 Å². The van der Waals surface area contributed by atoms with Crippen LogP contribution < -0.4 is 15.4 Å². The van der Waals surface area contributed by atoms with E-state index in [1.54, 1.807) is 7.11 Å². The highest BCUT2D eigenvalue weighted by Gasteiger charge is 2.33. The van der Waals surface area contributed by atoms with Crippen molar-refractivity contribution in [1.29, 1.82) is 0 Å². The normalized spacial score (nSPS) is 22.0. The fourth-order valence-electron chi connectivity index (χ4n) is 2.93. The fraction of sp³-hybridized carbons (Fsp3) is 0.611. The summed E-state index contributed by atoms with van der Waals surface area (Å²) in [6.45, 7) is 10.8. The minimum Gasteiger partial charge on any atom is -0.497 e. The van der Waals surface area contributed by atoms with Crippen LogP contribution in [0, 0.1) is 0 Å². The Kier molecular flexibility index (Phi) is 6.07. The zero-order valence-corrected chi connectivity index (χ0v) is 15.3. The van der Waals surface area contributed by atoms with Crippen molar-refractivity contribution in [2.45, 2.75) is 45.4 Å². The van der Waals surface area contributed by atoms with Crippen LogP contribution in [0.15, 0.2) is 24.3 Å². The molecular weight excluding hydrogens is 306 g/mol. The molecule has 0 bridgehead atoms. The second-order valence-corrected chi connectivity index (χ2v) is 7.01. The standard InChI is InChI=1S/C18H29N3O3/c1-13-10-21(11-14(2)24-13)18(3,4)12-19-17(22)20-15-6-8-16(23-5)9-7-15/h6-9,13-14H,10-12H2,1-5H3,(H2,19,20,22)/t13-,14+. The van der Waals surface area contributed by atoms with Crippen LogP contribution in [-0.4, -0.2) is 55.4 Å². The molecule has 0 aliphatic carbocycles. The summed E-state index contributed by atoms with van der Waals surface area (Å²) < 4.78 is 10.9. The predicted octanol–water partition coefficient (Wildman–Crippen LogP) is 2.70. The number of anilines is 1. The lowest BCUT2D eigenvalue weighted by Gasteiger charge is -2.45. The van der Waals surface area contributed by atoms with Crippen molar-refractivity contribution in [2.75, 3.05) is 32.1 Å². The third kappa shape index (κ3) is 5.11. The van der Waals surface area contributed by atoms with E-state index in [1.807, 2.05) is 24.3 Å². The predicted molar refractivity (Wildman–Crippen MR) is 95.7 cm³/mol. The topological polar surface area (TPSA) is 62.8 Å². The van der Waals surface area contributed by atoms with Gasteiger partial charge in [-0.1, -0.05) is 0 Å². The molecule has 1 aromatic carbocycles. The summed E-state index contributed by atoms with van der Waals surface area (Å²) in [7, 11) is 1.62. The van der Waals surface area contributed by atoms with Crippen LogP contribution in [0.2, 0.25) is 0 Å². The lowest BCUT2D eigenvalue weighted by molar-refractivity contribution is -0.0947. The highest BCUT2D eigenvalue weighted by molar-refractivity contribution is 5.89. The molecule has 1 fully saturated rings. The van der Waals surface area contributed by atoms with E-state index in [0.717, 1.165) is 24.5 Å². The highest BCUT2D eigenvalue weighted by Crippen LogP contribution is 2.21. The van der Waals surface area contributed by atoms with Gasteiger partial charge in [0.1, 0.15) is 5.75 Å². The minimum absolute atomic E-state index is 0.135. The number of rotatable bonds is 5. The van der Waals surface area contributed by atoms with Crippen LogP contribution in [0.25, 0.3) is 0 Å². The summed E-state index contributed by atoms with van der Waals surface area (Å²) in [5.41, 5.74) is 0.600. The molecule has 24 heavy (non-hydrogen) atoms. The zero-order chi connectivity index (χ0) is 17.7. The van der Waals surface area contributed by atoms with E-state index in [0.29, 0.717) is 6.54 Å². The first-order valence-electron chi connectivity index (χ1n) is 8.39. The van der Waals surface area contributed by atoms with Gasteiger partial charge in [0.2, 0.25) is 0 Å². The van der Waals surface area contributed by atoms with Crippen molar-refractivity contribution in [3.63, 3.8) is 0 Å². The van der Waals surface area contributed by atoms with Gasteiger partial charge in [0.15, 0.2) is 0 Å². The second-order valence-electron chi connectivity index (χ2n) is 7.01. The number of amides is 2. The maximum Gasteiger partial charge on any atom is 0.319 e. The van der Waals surface area contributed by atoms with Crippen molar-refractivity contribution in [3.8, 4) is 5.75 Å². The molecule has 6 nitrogen and oxygen atoms in total. The molecule has 2 N–H and O–H groups in total. The van der Waals surface area contributed by atoms with E-state index in [4.69, 9.17) is 9.47 Å². The summed E-state index contributed by atoms with van der Waals surface area (Å²) in [6, 6.07) is 7.05. The number of nitrogens with one attached hydrogen (secondary N) is 2. The van der Waals surface area contributed by atoms with Gasteiger partial charge in [0.25, 0.3) is 0 Å². The Morgan fingerprint density at radius 2 is 1.83 bits per heavy atom. The fourth-order valence-corrected chi connectivity index (χ4v) is 2.93. The first-order chi connectivity index (χ1) is 11.3. The number of benzene rings is 1. The molecule has 2 amide bonds. The number of urea groups is 1. The SMILES string of the molecule is COc1ccc(NC(=O)NCC(C)(C)N2C[C@@H](C)O[C@@H](C)C2)cc1. The molecule has 0 radical (unpaired) electrons. The number of carbonyl (C=O) groups is 1. The Morgan fingerprint density at radius 3 is 2.38 bits per heavy atom. The van der Waals surface area contributed by atoms with E-state index in [1.165, 1.54) is 0 Å². The molecule has 1 heterocycles. The van der Waals surface area contributed by atoms with E-state index < -0.39 is 0 Å². The summed E-state index contributed by atoms with van der Waals surface area (Å²) in [5, 5.41) is 5.80. The average molecular weight is 335 g/mol. The van der Waals surface area contributed by atoms with Crippen LogP contribution in [0.5, 0.6) is 5.75 Å². The molecule has 1 saturated heterocycles.